The molecule has 0 unspecified atom stereocenters. The average Bonchev–Trinajstić information content (AvgIpc) is 2.91. The zero-order valence-corrected chi connectivity index (χ0v) is 14.7. The van der Waals surface area contributed by atoms with E-state index in [1.165, 1.54) is 68.5 Å². The Morgan fingerprint density at radius 2 is 1.81 bits per heavy atom. The molecule has 0 spiro atoms. The van der Waals surface area contributed by atoms with Gasteiger partial charge in [-0.1, -0.05) is 20.8 Å². The van der Waals surface area contributed by atoms with E-state index in [-0.39, 0.29) is 5.54 Å². The van der Waals surface area contributed by atoms with E-state index < -0.39 is 0 Å². The number of hydrogen-bond donors (Lipinski definition) is 1. The lowest BCUT2D eigenvalue weighted by molar-refractivity contribution is 0.134. The van der Waals surface area contributed by atoms with Gasteiger partial charge in [-0.25, -0.2) is 4.98 Å². The van der Waals surface area contributed by atoms with Crippen molar-refractivity contribution in [3.05, 3.63) is 15.6 Å². The van der Waals surface area contributed by atoms with Crippen molar-refractivity contribution in [2.24, 2.45) is 5.41 Å². The summed E-state index contributed by atoms with van der Waals surface area (Å²) in [5.74, 6) is 0. The minimum absolute atomic E-state index is 0.174. The molecule has 0 amide bonds. The van der Waals surface area contributed by atoms with Gasteiger partial charge in [0.05, 0.1) is 11.2 Å². The highest BCUT2D eigenvalue weighted by Gasteiger charge is 2.41. The largest absolute Gasteiger partial charge is 0.305 e. The van der Waals surface area contributed by atoms with Crippen molar-refractivity contribution >= 4 is 11.3 Å². The summed E-state index contributed by atoms with van der Waals surface area (Å²) < 4.78 is 0. The van der Waals surface area contributed by atoms with Crippen LogP contribution in [-0.2, 0) is 18.4 Å². The second kappa shape index (κ2) is 6.00. The first-order valence-electron chi connectivity index (χ1n) is 8.79. The number of aromatic nitrogens is 1. The molecule has 3 rings (SSSR count). The van der Waals surface area contributed by atoms with Gasteiger partial charge in [0.1, 0.15) is 5.01 Å². The topological polar surface area (TPSA) is 24.9 Å². The normalized spacial score (nSPS) is 23.8. The highest BCUT2D eigenvalue weighted by Crippen LogP contribution is 2.47. The van der Waals surface area contributed by atoms with Crippen molar-refractivity contribution in [2.75, 3.05) is 6.54 Å². The first-order chi connectivity index (χ1) is 10.0. The summed E-state index contributed by atoms with van der Waals surface area (Å²) in [7, 11) is 0. The molecular formula is C18H30N2S. The van der Waals surface area contributed by atoms with E-state index in [0.29, 0.717) is 5.41 Å². The van der Waals surface area contributed by atoms with E-state index >= 15 is 0 Å². The van der Waals surface area contributed by atoms with Crippen molar-refractivity contribution < 1.29 is 0 Å². The van der Waals surface area contributed by atoms with Gasteiger partial charge in [-0.3, -0.25) is 0 Å². The fraction of sp³-hybridized carbons (Fsp3) is 0.833. The Bertz CT molecular complexity index is 456. The molecule has 1 fully saturated rings. The summed E-state index contributed by atoms with van der Waals surface area (Å²) in [4.78, 5) is 6.69. The van der Waals surface area contributed by atoms with E-state index in [1.54, 1.807) is 4.88 Å². The van der Waals surface area contributed by atoms with Crippen molar-refractivity contribution in [3.63, 3.8) is 0 Å². The number of thiazole rings is 1. The first-order valence-corrected chi connectivity index (χ1v) is 9.60. The van der Waals surface area contributed by atoms with Gasteiger partial charge in [0, 0.05) is 4.88 Å². The lowest BCUT2D eigenvalue weighted by atomic mass is 9.69. The van der Waals surface area contributed by atoms with Gasteiger partial charge in [-0.2, -0.15) is 0 Å². The molecule has 1 aromatic rings. The molecule has 118 valence electrons. The summed E-state index contributed by atoms with van der Waals surface area (Å²) in [6.45, 7) is 8.22. The molecule has 1 aromatic heterocycles. The molecule has 1 heterocycles. The van der Waals surface area contributed by atoms with Gasteiger partial charge in [-0.05, 0) is 69.7 Å². The van der Waals surface area contributed by atoms with Gasteiger partial charge < -0.3 is 5.32 Å². The molecule has 0 atom stereocenters. The zero-order valence-electron chi connectivity index (χ0n) is 13.9. The molecular weight excluding hydrogens is 276 g/mol. The molecule has 1 N–H and O–H groups in total. The second-order valence-corrected chi connectivity index (χ2v) is 8.85. The van der Waals surface area contributed by atoms with Crippen LogP contribution in [0.1, 0.15) is 81.3 Å². The first kappa shape index (κ1) is 15.5. The quantitative estimate of drug-likeness (QED) is 0.863. The van der Waals surface area contributed by atoms with Crippen LogP contribution >= 0.6 is 11.3 Å². The monoisotopic (exact) mass is 306 g/mol. The van der Waals surface area contributed by atoms with Crippen molar-refractivity contribution in [1.29, 1.82) is 0 Å². The minimum Gasteiger partial charge on any atom is -0.305 e. The third-order valence-electron chi connectivity index (χ3n) is 5.43. The molecule has 2 aliphatic rings. The van der Waals surface area contributed by atoms with E-state index in [9.17, 15) is 0 Å². The summed E-state index contributed by atoms with van der Waals surface area (Å²) in [6.07, 6.45) is 11.5. The maximum Gasteiger partial charge on any atom is 0.113 e. The van der Waals surface area contributed by atoms with Crippen LogP contribution in [-0.4, -0.2) is 11.5 Å². The van der Waals surface area contributed by atoms with Crippen LogP contribution in [0.4, 0.5) is 0 Å². The Morgan fingerprint density at radius 3 is 2.48 bits per heavy atom. The number of aryl methyl sites for hydroxylation is 2. The Labute approximate surface area is 133 Å². The van der Waals surface area contributed by atoms with Gasteiger partial charge in [0.15, 0.2) is 0 Å². The highest BCUT2D eigenvalue weighted by atomic mass is 32.1. The maximum atomic E-state index is 5.10. The molecule has 0 aromatic carbocycles. The van der Waals surface area contributed by atoms with Crippen LogP contribution in [0.2, 0.25) is 0 Å². The summed E-state index contributed by atoms with van der Waals surface area (Å²) in [5.41, 5.74) is 2.10. The van der Waals surface area contributed by atoms with Gasteiger partial charge in [0.2, 0.25) is 0 Å². The van der Waals surface area contributed by atoms with Crippen LogP contribution in [0.5, 0.6) is 0 Å². The number of fused-ring (bicyclic) bond motifs is 1. The van der Waals surface area contributed by atoms with E-state index in [1.807, 2.05) is 11.3 Å². The summed E-state index contributed by atoms with van der Waals surface area (Å²) in [6, 6.07) is 0. The van der Waals surface area contributed by atoms with Gasteiger partial charge in [0.25, 0.3) is 0 Å². The second-order valence-electron chi connectivity index (χ2n) is 7.77. The Kier molecular flexibility index (Phi) is 4.42. The van der Waals surface area contributed by atoms with Crippen LogP contribution in [0.25, 0.3) is 0 Å². The molecule has 3 heteroatoms. The SMILES string of the molecule is CCCNC1(c2nc3c(s2)CCCC3)CCC(C)(C)CC1. The number of hydrogen-bond acceptors (Lipinski definition) is 3. The Balaban J connectivity index is 1.86. The lowest BCUT2D eigenvalue weighted by Crippen LogP contribution is -2.47. The fourth-order valence-corrected chi connectivity index (χ4v) is 5.11. The number of nitrogens with one attached hydrogen (secondary N) is 1. The smallest absolute Gasteiger partial charge is 0.113 e. The van der Waals surface area contributed by atoms with Crippen LogP contribution in [0, 0.1) is 5.41 Å². The molecule has 1 saturated carbocycles. The third kappa shape index (κ3) is 3.19. The molecule has 0 aliphatic heterocycles. The maximum absolute atomic E-state index is 5.10. The van der Waals surface area contributed by atoms with E-state index in [2.05, 4.69) is 26.1 Å². The predicted octanol–water partition coefficient (Wildman–Crippen LogP) is 4.82. The Morgan fingerprint density at radius 1 is 1.10 bits per heavy atom. The van der Waals surface area contributed by atoms with Gasteiger partial charge >= 0.3 is 0 Å². The highest BCUT2D eigenvalue weighted by molar-refractivity contribution is 7.11. The number of nitrogens with zero attached hydrogens (tertiary/aromatic N) is 1. The number of rotatable bonds is 4. The van der Waals surface area contributed by atoms with E-state index in [0.717, 1.165) is 6.54 Å². The predicted molar refractivity (Wildman–Crippen MR) is 91.0 cm³/mol. The van der Waals surface area contributed by atoms with Crippen LogP contribution in [0.15, 0.2) is 0 Å². The standard InChI is InChI=1S/C18H30N2S/c1-4-13-19-18(11-9-17(2,3)10-12-18)16-20-14-7-5-6-8-15(14)21-16/h19H,4-13H2,1-3H3. The van der Waals surface area contributed by atoms with Gasteiger partial charge in [-0.15, -0.1) is 11.3 Å². The van der Waals surface area contributed by atoms with Crippen LogP contribution in [0.3, 0.4) is 0 Å². The fourth-order valence-electron chi connectivity index (χ4n) is 3.74. The molecule has 0 bridgehead atoms. The van der Waals surface area contributed by atoms with Crippen molar-refractivity contribution in [1.82, 2.24) is 10.3 Å². The van der Waals surface area contributed by atoms with Crippen molar-refractivity contribution in [2.45, 2.75) is 84.1 Å². The molecule has 0 saturated heterocycles. The molecule has 2 nitrogen and oxygen atoms in total. The third-order valence-corrected chi connectivity index (χ3v) is 6.79. The lowest BCUT2D eigenvalue weighted by Gasteiger charge is -2.43. The summed E-state index contributed by atoms with van der Waals surface area (Å²) >= 11 is 2.02. The molecule has 21 heavy (non-hydrogen) atoms. The molecule has 2 aliphatic carbocycles. The zero-order chi connectivity index (χ0) is 14.9. The minimum atomic E-state index is 0.174. The van der Waals surface area contributed by atoms with Crippen molar-refractivity contribution in [3.8, 4) is 0 Å². The summed E-state index contributed by atoms with van der Waals surface area (Å²) in [5, 5.41) is 5.30. The van der Waals surface area contributed by atoms with E-state index in [4.69, 9.17) is 4.98 Å². The van der Waals surface area contributed by atoms with Crippen LogP contribution < -0.4 is 5.32 Å². The Hall–Kier alpha value is -0.410. The average molecular weight is 307 g/mol. The molecule has 0 radical (unpaired) electrons.